The Morgan fingerprint density at radius 2 is 2.24 bits per heavy atom. The number of aliphatic imine (C=N–C) groups is 1. The molecular formula is C23H36IN5O4. The van der Waals surface area contributed by atoms with Crippen LogP contribution in [0.1, 0.15) is 55.3 Å². The number of hydrogen-bond acceptors (Lipinski definition) is 6. The Balaban J connectivity index is 0.00000385. The van der Waals surface area contributed by atoms with Gasteiger partial charge in [0.25, 0.3) is 0 Å². The lowest BCUT2D eigenvalue weighted by Gasteiger charge is -2.35. The third kappa shape index (κ3) is 8.65. The van der Waals surface area contributed by atoms with Crippen LogP contribution in [0.5, 0.6) is 0 Å². The Hall–Kier alpha value is -2.08. The quantitative estimate of drug-likeness (QED) is 0.145. The summed E-state index contributed by atoms with van der Waals surface area (Å²) in [5, 5.41) is 7.93. The number of aromatic nitrogens is 2. The molecule has 1 aliphatic rings. The summed E-state index contributed by atoms with van der Waals surface area (Å²) in [6, 6.07) is 4.06. The van der Waals surface area contributed by atoms with Crippen molar-refractivity contribution in [2.75, 3.05) is 46.0 Å². The molecule has 1 aliphatic heterocycles. The Bertz CT molecular complexity index is 840. The van der Waals surface area contributed by atoms with Crippen LogP contribution < -0.4 is 5.32 Å². The summed E-state index contributed by atoms with van der Waals surface area (Å²) in [7, 11) is 0. The summed E-state index contributed by atoms with van der Waals surface area (Å²) in [5.74, 6) is 1.52. The van der Waals surface area contributed by atoms with E-state index in [1.165, 1.54) is 0 Å². The van der Waals surface area contributed by atoms with Crippen LogP contribution in [0.2, 0.25) is 0 Å². The van der Waals surface area contributed by atoms with E-state index in [2.05, 4.69) is 15.3 Å². The first-order chi connectivity index (χ1) is 15.7. The van der Waals surface area contributed by atoms with E-state index >= 15 is 0 Å². The van der Waals surface area contributed by atoms with Gasteiger partial charge in [0, 0.05) is 52.0 Å². The average Bonchev–Trinajstić information content (AvgIpc) is 3.50. The molecule has 1 atom stereocenters. The summed E-state index contributed by atoms with van der Waals surface area (Å²) in [6.07, 6.45) is 8.78. The van der Waals surface area contributed by atoms with Crippen molar-refractivity contribution >= 4 is 35.9 Å². The van der Waals surface area contributed by atoms with Gasteiger partial charge in [-0.3, -0.25) is 9.67 Å². The van der Waals surface area contributed by atoms with Crippen molar-refractivity contribution in [2.45, 2.75) is 45.6 Å². The molecule has 3 rings (SSSR count). The standard InChI is InChI=1S/C23H35N5O4.HI/c1-3-30-14-7-11-24-23(25-12-10-21-9-6-15-32-21)27-13-5-8-20(18-27)28-17-19(16-26-28)22(29)31-4-2;/h6,9,15-17,20H,3-5,7-8,10-14,18H2,1-2H3,(H,24,25);1H. The van der Waals surface area contributed by atoms with Gasteiger partial charge in [0.2, 0.25) is 0 Å². The molecule has 1 fully saturated rings. The molecule has 0 spiro atoms. The highest BCUT2D eigenvalue weighted by Gasteiger charge is 2.25. The van der Waals surface area contributed by atoms with Gasteiger partial charge in [-0.15, -0.1) is 24.0 Å². The fourth-order valence-electron chi connectivity index (χ4n) is 3.74. The second kappa shape index (κ2) is 14.9. The van der Waals surface area contributed by atoms with E-state index in [9.17, 15) is 4.79 Å². The maximum Gasteiger partial charge on any atom is 0.341 e. The molecule has 184 valence electrons. The van der Waals surface area contributed by atoms with Gasteiger partial charge in [-0.05, 0) is 45.2 Å². The summed E-state index contributed by atoms with van der Waals surface area (Å²) in [4.78, 5) is 19.1. The van der Waals surface area contributed by atoms with Crippen LogP contribution in [0, 0.1) is 0 Å². The van der Waals surface area contributed by atoms with Crippen LogP contribution in [-0.2, 0) is 15.9 Å². The molecule has 33 heavy (non-hydrogen) atoms. The fraction of sp³-hybridized carbons (Fsp3) is 0.609. The largest absolute Gasteiger partial charge is 0.469 e. The molecular weight excluding hydrogens is 537 g/mol. The molecule has 10 heteroatoms. The number of furan rings is 1. The number of nitrogens with one attached hydrogen (secondary N) is 1. The molecule has 1 unspecified atom stereocenters. The molecule has 1 saturated heterocycles. The first kappa shape index (κ1) is 27.2. The van der Waals surface area contributed by atoms with Crippen molar-refractivity contribution in [2.24, 2.45) is 4.99 Å². The topological polar surface area (TPSA) is 94.1 Å². The molecule has 2 aromatic rings. The normalized spacial score (nSPS) is 16.4. The van der Waals surface area contributed by atoms with Gasteiger partial charge < -0.3 is 24.1 Å². The number of likely N-dealkylation sites (tertiary alicyclic amines) is 1. The summed E-state index contributed by atoms with van der Waals surface area (Å²) < 4.78 is 17.8. The average molecular weight is 573 g/mol. The molecule has 0 bridgehead atoms. The van der Waals surface area contributed by atoms with Gasteiger partial charge in [0.05, 0.1) is 30.7 Å². The first-order valence-corrected chi connectivity index (χ1v) is 11.6. The highest BCUT2D eigenvalue weighted by atomic mass is 127. The van der Waals surface area contributed by atoms with E-state index in [0.717, 1.165) is 63.6 Å². The SMILES string of the molecule is CCOCCCN=C(NCCc1ccco1)N1CCCC(n2cc(C(=O)OCC)cn2)C1.I. The van der Waals surface area contributed by atoms with Gasteiger partial charge in [-0.2, -0.15) is 5.10 Å². The zero-order valence-electron chi connectivity index (χ0n) is 19.6. The summed E-state index contributed by atoms with van der Waals surface area (Å²) in [6.45, 7) is 8.76. The number of ether oxygens (including phenoxy) is 2. The minimum atomic E-state index is -0.331. The van der Waals surface area contributed by atoms with Crippen LogP contribution in [-0.4, -0.2) is 72.6 Å². The Kier molecular flexibility index (Phi) is 12.3. The highest BCUT2D eigenvalue weighted by molar-refractivity contribution is 14.0. The minimum Gasteiger partial charge on any atom is -0.469 e. The van der Waals surface area contributed by atoms with Crippen LogP contribution >= 0.6 is 24.0 Å². The van der Waals surface area contributed by atoms with E-state index < -0.39 is 0 Å². The van der Waals surface area contributed by atoms with Gasteiger partial charge in [0.15, 0.2) is 5.96 Å². The maximum atomic E-state index is 12.0. The first-order valence-electron chi connectivity index (χ1n) is 11.6. The molecule has 9 nitrogen and oxygen atoms in total. The lowest BCUT2D eigenvalue weighted by Crippen LogP contribution is -2.47. The molecule has 0 aromatic carbocycles. The lowest BCUT2D eigenvalue weighted by molar-refractivity contribution is 0.0526. The van der Waals surface area contributed by atoms with Crippen LogP contribution in [0.4, 0.5) is 0 Å². The summed E-state index contributed by atoms with van der Waals surface area (Å²) >= 11 is 0. The lowest BCUT2D eigenvalue weighted by atomic mass is 10.1. The van der Waals surface area contributed by atoms with Crippen molar-refractivity contribution in [3.8, 4) is 0 Å². The molecule has 0 amide bonds. The predicted molar refractivity (Wildman–Crippen MR) is 137 cm³/mol. The molecule has 0 radical (unpaired) electrons. The monoisotopic (exact) mass is 573 g/mol. The fourth-order valence-corrected chi connectivity index (χ4v) is 3.74. The molecule has 3 heterocycles. The third-order valence-electron chi connectivity index (χ3n) is 5.33. The second-order valence-electron chi connectivity index (χ2n) is 7.68. The van der Waals surface area contributed by atoms with Gasteiger partial charge in [-0.1, -0.05) is 0 Å². The number of carbonyl (C=O) groups is 1. The van der Waals surface area contributed by atoms with Crippen molar-refractivity contribution in [3.05, 3.63) is 42.1 Å². The Morgan fingerprint density at radius 3 is 3.00 bits per heavy atom. The van der Waals surface area contributed by atoms with E-state index in [0.29, 0.717) is 25.3 Å². The van der Waals surface area contributed by atoms with Crippen LogP contribution in [0.15, 0.2) is 40.2 Å². The number of halogens is 1. The number of piperidine rings is 1. The molecule has 2 aromatic heterocycles. The van der Waals surface area contributed by atoms with Crippen molar-refractivity contribution < 1.29 is 18.7 Å². The zero-order chi connectivity index (χ0) is 22.6. The molecule has 1 N–H and O–H groups in total. The van der Waals surface area contributed by atoms with Crippen LogP contribution in [0.25, 0.3) is 0 Å². The van der Waals surface area contributed by atoms with E-state index in [1.54, 1.807) is 25.6 Å². The number of guanidine groups is 1. The number of carbonyl (C=O) groups excluding carboxylic acids is 1. The van der Waals surface area contributed by atoms with Crippen LogP contribution in [0.3, 0.4) is 0 Å². The second-order valence-corrected chi connectivity index (χ2v) is 7.68. The summed E-state index contributed by atoms with van der Waals surface area (Å²) in [5.41, 5.74) is 0.491. The Morgan fingerprint density at radius 1 is 1.36 bits per heavy atom. The smallest absolute Gasteiger partial charge is 0.341 e. The van der Waals surface area contributed by atoms with E-state index in [1.807, 2.05) is 23.7 Å². The van der Waals surface area contributed by atoms with Crippen molar-refractivity contribution in [1.29, 1.82) is 0 Å². The van der Waals surface area contributed by atoms with E-state index in [4.69, 9.17) is 18.9 Å². The number of hydrogen-bond donors (Lipinski definition) is 1. The number of rotatable bonds is 11. The van der Waals surface area contributed by atoms with Crippen molar-refractivity contribution in [3.63, 3.8) is 0 Å². The van der Waals surface area contributed by atoms with Crippen molar-refractivity contribution in [1.82, 2.24) is 20.0 Å². The van der Waals surface area contributed by atoms with Gasteiger partial charge in [0.1, 0.15) is 5.76 Å². The predicted octanol–water partition coefficient (Wildman–Crippen LogP) is 3.52. The minimum absolute atomic E-state index is 0. The molecule has 0 aliphatic carbocycles. The number of esters is 1. The third-order valence-corrected chi connectivity index (χ3v) is 5.33. The number of nitrogens with zero attached hydrogens (tertiary/aromatic N) is 4. The zero-order valence-corrected chi connectivity index (χ0v) is 21.9. The van der Waals surface area contributed by atoms with Gasteiger partial charge in [-0.25, -0.2) is 4.79 Å². The van der Waals surface area contributed by atoms with Gasteiger partial charge >= 0.3 is 5.97 Å². The molecule has 0 saturated carbocycles. The highest BCUT2D eigenvalue weighted by Crippen LogP contribution is 2.21. The van der Waals surface area contributed by atoms with E-state index in [-0.39, 0.29) is 36.0 Å². The maximum absolute atomic E-state index is 12.0. The Labute approximate surface area is 212 Å².